The normalized spacial score (nSPS) is 10.6. The van der Waals surface area contributed by atoms with Crippen LogP contribution in [0.25, 0.3) is 0 Å². The van der Waals surface area contributed by atoms with Gasteiger partial charge in [0.25, 0.3) is 0 Å². The summed E-state index contributed by atoms with van der Waals surface area (Å²) in [5.74, 6) is 1.98. The van der Waals surface area contributed by atoms with Crippen LogP contribution < -0.4 is 4.74 Å². The van der Waals surface area contributed by atoms with E-state index in [1.165, 1.54) is 5.56 Å². The molecule has 14 heavy (non-hydrogen) atoms. The summed E-state index contributed by atoms with van der Waals surface area (Å²) in [6, 6.07) is 8.24. The Balaban J connectivity index is 2.42. The van der Waals surface area contributed by atoms with Crippen LogP contribution in [-0.4, -0.2) is 12.4 Å². The van der Waals surface area contributed by atoms with E-state index in [9.17, 15) is 0 Å². The molecule has 0 aliphatic carbocycles. The number of hydrogen-bond donors (Lipinski definition) is 0. The van der Waals surface area contributed by atoms with Crippen LogP contribution in [0.3, 0.4) is 0 Å². The van der Waals surface area contributed by atoms with E-state index in [2.05, 4.69) is 26.0 Å². The van der Waals surface area contributed by atoms with Gasteiger partial charge in [-0.1, -0.05) is 47.6 Å². The van der Waals surface area contributed by atoms with Crippen LogP contribution in [0.5, 0.6) is 5.75 Å². The molecule has 1 aromatic rings. The van der Waals surface area contributed by atoms with Gasteiger partial charge in [0, 0.05) is 11.0 Å². The van der Waals surface area contributed by atoms with Crippen molar-refractivity contribution in [3.05, 3.63) is 29.8 Å². The second-order valence-corrected chi connectivity index (χ2v) is 6.20. The fourth-order valence-corrected chi connectivity index (χ4v) is 3.09. The quantitative estimate of drug-likeness (QED) is 0.705. The maximum Gasteiger partial charge on any atom is 0.119 e. The third-order valence-electron chi connectivity index (χ3n) is 1.62. The molecule has 0 unspecified atom stereocenters. The molecule has 0 aromatic heterocycles. The molecule has 1 aromatic carbocycles. The number of methoxy groups -OCH3 is 1. The third-order valence-corrected chi connectivity index (χ3v) is 4.51. The van der Waals surface area contributed by atoms with E-state index in [1.54, 1.807) is 7.11 Å². The lowest BCUT2D eigenvalue weighted by atomic mass is 10.2. The van der Waals surface area contributed by atoms with Gasteiger partial charge in [-0.2, -0.15) is 0 Å². The fourth-order valence-electron chi connectivity index (χ4n) is 1.00. The first-order chi connectivity index (χ1) is 6.72. The van der Waals surface area contributed by atoms with Gasteiger partial charge >= 0.3 is 0 Å². The van der Waals surface area contributed by atoms with Gasteiger partial charge < -0.3 is 4.74 Å². The highest BCUT2D eigenvalue weighted by Gasteiger charge is 1.98. The molecule has 0 radical (unpaired) electrons. The first kappa shape index (κ1) is 11.8. The van der Waals surface area contributed by atoms with Gasteiger partial charge in [-0.25, -0.2) is 0 Å². The summed E-state index contributed by atoms with van der Waals surface area (Å²) in [5.41, 5.74) is 1.32. The zero-order chi connectivity index (χ0) is 10.4. The number of benzene rings is 1. The van der Waals surface area contributed by atoms with E-state index in [4.69, 9.17) is 4.74 Å². The monoisotopic (exact) mass is 228 g/mol. The molecule has 0 heterocycles. The maximum absolute atomic E-state index is 5.17. The molecule has 0 amide bonds. The van der Waals surface area contributed by atoms with Gasteiger partial charge in [0.05, 0.1) is 7.11 Å². The van der Waals surface area contributed by atoms with E-state index in [0.29, 0.717) is 5.25 Å². The molecule has 0 spiro atoms. The van der Waals surface area contributed by atoms with Crippen molar-refractivity contribution in [2.75, 3.05) is 7.11 Å². The van der Waals surface area contributed by atoms with Crippen LogP contribution in [-0.2, 0) is 5.75 Å². The van der Waals surface area contributed by atoms with Gasteiger partial charge in [0.15, 0.2) is 0 Å². The highest BCUT2D eigenvalue weighted by molar-refractivity contribution is 8.76. The van der Waals surface area contributed by atoms with Crippen molar-refractivity contribution in [3.8, 4) is 5.75 Å². The largest absolute Gasteiger partial charge is 0.497 e. The molecule has 0 N–H and O–H groups in total. The molecule has 0 fully saturated rings. The minimum Gasteiger partial charge on any atom is -0.497 e. The van der Waals surface area contributed by atoms with Gasteiger partial charge in [0.1, 0.15) is 5.75 Å². The molecule has 0 saturated carbocycles. The zero-order valence-electron chi connectivity index (χ0n) is 8.82. The maximum atomic E-state index is 5.17. The summed E-state index contributed by atoms with van der Waals surface area (Å²) < 4.78 is 5.17. The molecular weight excluding hydrogens is 212 g/mol. The van der Waals surface area contributed by atoms with Crippen molar-refractivity contribution in [2.45, 2.75) is 24.9 Å². The summed E-state index contributed by atoms with van der Waals surface area (Å²) in [7, 11) is 5.51. The molecule has 3 heteroatoms. The Morgan fingerprint density at radius 3 is 2.79 bits per heavy atom. The first-order valence-electron chi connectivity index (χ1n) is 4.63. The van der Waals surface area contributed by atoms with Gasteiger partial charge in [0.2, 0.25) is 0 Å². The van der Waals surface area contributed by atoms with Crippen LogP contribution in [0.1, 0.15) is 19.4 Å². The predicted molar refractivity (Wildman–Crippen MR) is 67.0 cm³/mol. The third kappa shape index (κ3) is 4.29. The standard InChI is InChI=1S/C11H16OS2/c1-9(2)14-13-8-10-5-4-6-11(7-10)12-3/h4-7,9H,8H2,1-3H3. The Morgan fingerprint density at radius 1 is 1.36 bits per heavy atom. The second-order valence-electron chi connectivity index (χ2n) is 3.26. The second kappa shape index (κ2) is 6.25. The summed E-state index contributed by atoms with van der Waals surface area (Å²) in [6.07, 6.45) is 0. The lowest BCUT2D eigenvalue weighted by Gasteiger charge is -2.05. The highest BCUT2D eigenvalue weighted by atomic mass is 33.1. The molecule has 0 bridgehead atoms. The summed E-state index contributed by atoms with van der Waals surface area (Å²) >= 11 is 0. The lowest BCUT2D eigenvalue weighted by Crippen LogP contribution is -1.86. The number of hydrogen-bond acceptors (Lipinski definition) is 3. The first-order valence-corrected chi connectivity index (χ1v) is 7.02. The minimum absolute atomic E-state index is 0.686. The average molecular weight is 228 g/mol. The summed E-state index contributed by atoms with van der Waals surface area (Å²) in [5, 5.41) is 0.686. The van der Waals surface area contributed by atoms with Crippen molar-refractivity contribution in [3.63, 3.8) is 0 Å². The minimum atomic E-state index is 0.686. The molecule has 1 rings (SSSR count). The SMILES string of the molecule is COc1cccc(CSSC(C)C)c1. The Labute approximate surface area is 94.0 Å². The average Bonchev–Trinajstić information content (AvgIpc) is 2.18. The smallest absolute Gasteiger partial charge is 0.119 e. The Kier molecular flexibility index (Phi) is 5.26. The van der Waals surface area contributed by atoms with Crippen LogP contribution in [0.4, 0.5) is 0 Å². The topological polar surface area (TPSA) is 9.23 Å². The van der Waals surface area contributed by atoms with Crippen LogP contribution in [0.2, 0.25) is 0 Å². The Bertz CT molecular complexity index is 274. The van der Waals surface area contributed by atoms with E-state index in [-0.39, 0.29) is 0 Å². The van der Waals surface area contributed by atoms with Crippen LogP contribution in [0.15, 0.2) is 24.3 Å². The highest BCUT2D eigenvalue weighted by Crippen LogP contribution is 2.30. The van der Waals surface area contributed by atoms with Crippen molar-refractivity contribution in [1.29, 1.82) is 0 Å². The molecule has 1 nitrogen and oxygen atoms in total. The molecule has 0 atom stereocenters. The number of ether oxygens (including phenoxy) is 1. The fraction of sp³-hybridized carbons (Fsp3) is 0.455. The Hall–Kier alpha value is -0.280. The van der Waals surface area contributed by atoms with Gasteiger partial charge in [-0.05, 0) is 17.7 Å². The molecule has 0 aliphatic heterocycles. The van der Waals surface area contributed by atoms with E-state index >= 15 is 0 Å². The lowest BCUT2D eigenvalue weighted by molar-refractivity contribution is 0.414. The predicted octanol–water partition coefficient (Wildman–Crippen LogP) is 3.99. The zero-order valence-corrected chi connectivity index (χ0v) is 10.5. The van der Waals surface area contributed by atoms with Crippen LogP contribution in [0, 0.1) is 0 Å². The molecule has 0 aliphatic rings. The Morgan fingerprint density at radius 2 is 2.14 bits per heavy atom. The molecule has 78 valence electrons. The van der Waals surface area contributed by atoms with Crippen LogP contribution >= 0.6 is 21.6 Å². The van der Waals surface area contributed by atoms with Crippen molar-refractivity contribution < 1.29 is 4.74 Å². The van der Waals surface area contributed by atoms with Crippen molar-refractivity contribution >= 4 is 21.6 Å². The molecule has 0 saturated heterocycles. The molecular formula is C11H16OS2. The summed E-state index contributed by atoms with van der Waals surface area (Å²) in [6.45, 7) is 4.42. The van der Waals surface area contributed by atoms with Gasteiger partial charge in [-0.15, -0.1) is 0 Å². The van der Waals surface area contributed by atoms with E-state index in [1.807, 2.05) is 33.7 Å². The summed E-state index contributed by atoms with van der Waals surface area (Å²) in [4.78, 5) is 0. The van der Waals surface area contributed by atoms with Gasteiger partial charge in [-0.3, -0.25) is 0 Å². The van der Waals surface area contributed by atoms with Crippen molar-refractivity contribution in [1.82, 2.24) is 0 Å². The van der Waals surface area contributed by atoms with E-state index in [0.717, 1.165) is 11.5 Å². The number of rotatable bonds is 5. The van der Waals surface area contributed by atoms with Crippen molar-refractivity contribution in [2.24, 2.45) is 0 Å². The van der Waals surface area contributed by atoms with E-state index < -0.39 is 0 Å².